The molecular formula is C8H11BrN2O4S. The molecule has 16 heavy (non-hydrogen) atoms. The van der Waals surface area contributed by atoms with Crippen LogP contribution in [0.2, 0.25) is 0 Å². The highest BCUT2D eigenvalue weighted by Gasteiger charge is 2.12. The molecule has 1 rings (SSSR count). The van der Waals surface area contributed by atoms with Gasteiger partial charge < -0.3 is 9.47 Å². The van der Waals surface area contributed by atoms with E-state index in [4.69, 9.17) is 14.6 Å². The van der Waals surface area contributed by atoms with Crippen LogP contribution in [-0.2, 0) is 14.8 Å². The molecule has 1 aromatic heterocycles. The lowest BCUT2D eigenvalue weighted by Crippen LogP contribution is -2.14. The summed E-state index contributed by atoms with van der Waals surface area (Å²) in [7, 11) is -2.29. The van der Waals surface area contributed by atoms with Crippen molar-refractivity contribution in [2.75, 3.05) is 20.3 Å². The van der Waals surface area contributed by atoms with Crippen molar-refractivity contribution in [3.05, 3.63) is 16.7 Å². The molecule has 0 aliphatic carbocycles. The molecule has 0 amide bonds. The van der Waals surface area contributed by atoms with Gasteiger partial charge in [0.2, 0.25) is 0 Å². The van der Waals surface area contributed by atoms with Crippen molar-refractivity contribution in [3.8, 4) is 5.75 Å². The number of rotatable bonds is 5. The van der Waals surface area contributed by atoms with E-state index in [0.29, 0.717) is 23.6 Å². The van der Waals surface area contributed by atoms with Crippen molar-refractivity contribution < 1.29 is 17.9 Å². The quantitative estimate of drug-likeness (QED) is 0.632. The van der Waals surface area contributed by atoms with Gasteiger partial charge in [-0.05, 0) is 15.9 Å². The Bertz CT molecular complexity index is 463. The van der Waals surface area contributed by atoms with E-state index in [2.05, 4.69) is 20.9 Å². The third-order valence-electron chi connectivity index (χ3n) is 1.59. The Morgan fingerprint density at radius 2 is 2.12 bits per heavy atom. The molecule has 0 saturated heterocycles. The lowest BCUT2D eigenvalue weighted by molar-refractivity contribution is 0.146. The summed E-state index contributed by atoms with van der Waals surface area (Å²) in [6.45, 7) is 0.724. The molecule has 6 nitrogen and oxygen atoms in total. The highest BCUT2D eigenvalue weighted by Crippen LogP contribution is 2.20. The van der Waals surface area contributed by atoms with E-state index in [1.165, 1.54) is 6.07 Å². The van der Waals surface area contributed by atoms with E-state index in [1.54, 1.807) is 13.2 Å². The summed E-state index contributed by atoms with van der Waals surface area (Å²) < 4.78 is 32.5. The zero-order valence-electron chi connectivity index (χ0n) is 8.51. The molecule has 0 radical (unpaired) electrons. The number of nitrogens with zero attached hydrogens (tertiary/aromatic N) is 1. The number of sulfonamides is 1. The second-order valence-corrected chi connectivity index (χ2v) is 5.17. The molecule has 0 fully saturated rings. The Balaban J connectivity index is 2.91. The first-order valence-corrected chi connectivity index (χ1v) is 6.59. The van der Waals surface area contributed by atoms with Gasteiger partial charge in [-0.3, -0.25) is 0 Å². The first-order valence-electron chi connectivity index (χ1n) is 4.25. The van der Waals surface area contributed by atoms with Crippen molar-refractivity contribution in [1.29, 1.82) is 0 Å². The molecule has 0 bridgehead atoms. The third-order valence-corrected chi connectivity index (χ3v) is 2.79. The van der Waals surface area contributed by atoms with Gasteiger partial charge in [0.25, 0.3) is 10.0 Å². The number of aromatic nitrogens is 1. The van der Waals surface area contributed by atoms with Crippen LogP contribution < -0.4 is 9.88 Å². The SMILES string of the molecule is COCCOc1cc(Br)nc(S(N)(=O)=O)c1. The molecule has 0 saturated carbocycles. The van der Waals surface area contributed by atoms with Gasteiger partial charge in [0.05, 0.1) is 6.61 Å². The Morgan fingerprint density at radius 1 is 1.44 bits per heavy atom. The standard InChI is InChI=1S/C8H11BrN2O4S/c1-14-2-3-15-6-4-7(9)11-8(5-6)16(10,12)13/h4-5H,2-3H2,1H3,(H2,10,12,13). The minimum absolute atomic E-state index is 0.241. The van der Waals surface area contributed by atoms with E-state index >= 15 is 0 Å². The maximum Gasteiger partial charge on any atom is 0.255 e. The van der Waals surface area contributed by atoms with Gasteiger partial charge in [0.1, 0.15) is 17.0 Å². The van der Waals surface area contributed by atoms with Crippen molar-refractivity contribution in [1.82, 2.24) is 4.98 Å². The maximum atomic E-state index is 11.1. The minimum atomic E-state index is -3.83. The lowest BCUT2D eigenvalue weighted by Gasteiger charge is -2.07. The van der Waals surface area contributed by atoms with Crippen molar-refractivity contribution >= 4 is 26.0 Å². The van der Waals surface area contributed by atoms with Crippen molar-refractivity contribution in [2.24, 2.45) is 5.14 Å². The van der Waals surface area contributed by atoms with Crippen LogP contribution in [-0.4, -0.2) is 33.7 Å². The van der Waals surface area contributed by atoms with Crippen LogP contribution in [0.25, 0.3) is 0 Å². The Kier molecular flexibility index (Phi) is 4.66. The predicted molar refractivity (Wildman–Crippen MR) is 60.7 cm³/mol. The maximum absolute atomic E-state index is 11.1. The molecule has 0 unspecified atom stereocenters. The van der Waals surface area contributed by atoms with Gasteiger partial charge in [-0.15, -0.1) is 0 Å². The number of ether oxygens (including phenoxy) is 2. The fraction of sp³-hybridized carbons (Fsp3) is 0.375. The molecule has 0 aliphatic rings. The highest BCUT2D eigenvalue weighted by atomic mass is 79.9. The number of pyridine rings is 1. The van der Waals surface area contributed by atoms with Gasteiger partial charge >= 0.3 is 0 Å². The molecule has 0 spiro atoms. The largest absolute Gasteiger partial charge is 0.491 e. The number of primary sulfonamides is 1. The van der Waals surface area contributed by atoms with Crippen molar-refractivity contribution in [2.45, 2.75) is 5.03 Å². The minimum Gasteiger partial charge on any atom is -0.491 e. The molecule has 0 aliphatic heterocycles. The first-order chi connectivity index (χ1) is 7.43. The van der Waals surface area contributed by atoms with Crippen LogP contribution in [0.5, 0.6) is 5.75 Å². The zero-order valence-corrected chi connectivity index (χ0v) is 10.9. The van der Waals surface area contributed by atoms with Gasteiger partial charge in [-0.25, -0.2) is 18.5 Å². The number of nitrogens with two attached hydrogens (primary N) is 1. The Labute approximate surface area is 102 Å². The van der Waals surface area contributed by atoms with Gasteiger partial charge in [-0.1, -0.05) is 0 Å². The number of halogens is 1. The normalized spacial score (nSPS) is 11.4. The number of methoxy groups -OCH3 is 1. The van der Waals surface area contributed by atoms with E-state index in [-0.39, 0.29) is 5.03 Å². The van der Waals surface area contributed by atoms with Crippen LogP contribution in [0.3, 0.4) is 0 Å². The van der Waals surface area contributed by atoms with Crippen LogP contribution in [0, 0.1) is 0 Å². The van der Waals surface area contributed by atoms with Crippen LogP contribution in [0.1, 0.15) is 0 Å². The van der Waals surface area contributed by atoms with E-state index in [0.717, 1.165) is 0 Å². The number of hydrogen-bond acceptors (Lipinski definition) is 5. The monoisotopic (exact) mass is 310 g/mol. The van der Waals surface area contributed by atoms with Gasteiger partial charge in [0.15, 0.2) is 5.03 Å². The molecule has 0 atom stereocenters. The average Bonchev–Trinajstić information content (AvgIpc) is 2.16. The van der Waals surface area contributed by atoms with E-state index in [9.17, 15) is 8.42 Å². The Morgan fingerprint density at radius 3 is 2.69 bits per heavy atom. The zero-order chi connectivity index (χ0) is 12.2. The summed E-state index contributed by atoms with van der Waals surface area (Å²) >= 11 is 3.07. The molecule has 0 aromatic carbocycles. The molecule has 8 heteroatoms. The van der Waals surface area contributed by atoms with Crippen molar-refractivity contribution in [3.63, 3.8) is 0 Å². The summed E-state index contributed by atoms with van der Waals surface area (Å²) in [5.41, 5.74) is 0. The predicted octanol–water partition coefficient (Wildman–Crippen LogP) is 0.517. The highest BCUT2D eigenvalue weighted by molar-refractivity contribution is 9.10. The van der Waals surface area contributed by atoms with E-state index in [1.807, 2.05) is 0 Å². The summed E-state index contributed by atoms with van der Waals surface area (Å²) in [6.07, 6.45) is 0. The summed E-state index contributed by atoms with van der Waals surface area (Å²) in [6, 6.07) is 2.81. The average molecular weight is 311 g/mol. The van der Waals surface area contributed by atoms with Crippen LogP contribution in [0.15, 0.2) is 21.8 Å². The molecule has 2 N–H and O–H groups in total. The molecular weight excluding hydrogens is 300 g/mol. The second-order valence-electron chi connectivity index (χ2n) is 2.85. The Hall–Kier alpha value is -0.700. The molecule has 1 heterocycles. The molecule has 1 aromatic rings. The summed E-state index contributed by atoms with van der Waals surface area (Å²) in [5, 5.41) is 4.72. The van der Waals surface area contributed by atoms with Gasteiger partial charge in [-0.2, -0.15) is 0 Å². The van der Waals surface area contributed by atoms with Crippen LogP contribution >= 0.6 is 15.9 Å². The second kappa shape index (κ2) is 5.58. The lowest BCUT2D eigenvalue weighted by atomic mass is 10.4. The fourth-order valence-electron chi connectivity index (χ4n) is 0.923. The van der Waals surface area contributed by atoms with Crippen LogP contribution in [0.4, 0.5) is 0 Å². The van der Waals surface area contributed by atoms with E-state index < -0.39 is 10.0 Å². The first kappa shape index (κ1) is 13.4. The summed E-state index contributed by atoms with van der Waals surface area (Å²) in [5.74, 6) is 0.364. The van der Waals surface area contributed by atoms with Gasteiger partial charge in [0, 0.05) is 19.2 Å². The number of hydrogen-bond donors (Lipinski definition) is 1. The third kappa shape index (κ3) is 4.05. The molecule has 90 valence electrons. The fourth-order valence-corrected chi connectivity index (χ4v) is 1.96. The summed E-state index contributed by atoms with van der Waals surface area (Å²) in [4.78, 5) is 3.73. The topological polar surface area (TPSA) is 91.5 Å². The smallest absolute Gasteiger partial charge is 0.255 e.